The number of thioether (sulfide) groups is 1. The Kier molecular flexibility index (Phi) is 3.54. The zero-order chi connectivity index (χ0) is 11.5. The summed E-state index contributed by atoms with van der Waals surface area (Å²) in [7, 11) is 2.11. The highest BCUT2D eigenvalue weighted by Crippen LogP contribution is 2.28. The van der Waals surface area contributed by atoms with Gasteiger partial charge in [0.1, 0.15) is 0 Å². The van der Waals surface area contributed by atoms with Crippen LogP contribution in [0.3, 0.4) is 0 Å². The van der Waals surface area contributed by atoms with Crippen molar-refractivity contribution in [3.05, 3.63) is 29.3 Å². The van der Waals surface area contributed by atoms with Crippen molar-refractivity contribution in [1.82, 2.24) is 4.90 Å². The van der Waals surface area contributed by atoms with E-state index in [0.717, 1.165) is 23.9 Å². The molecule has 1 saturated heterocycles. The van der Waals surface area contributed by atoms with Crippen LogP contribution in [-0.4, -0.2) is 29.4 Å². The molecule has 0 unspecified atom stereocenters. The normalized spacial score (nSPS) is 18.4. The van der Waals surface area contributed by atoms with Gasteiger partial charge in [0.2, 0.25) is 0 Å². The van der Waals surface area contributed by atoms with E-state index in [1.54, 1.807) is 0 Å². The Labute approximate surface area is 102 Å². The quantitative estimate of drug-likeness (QED) is 0.781. The van der Waals surface area contributed by atoms with Gasteiger partial charge < -0.3 is 4.90 Å². The third-order valence-corrected chi connectivity index (χ3v) is 3.94. The maximum Gasteiger partial charge on any atom is 0.164 e. The van der Waals surface area contributed by atoms with Crippen LogP contribution in [0.25, 0.3) is 0 Å². The first-order valence-corrected chi connectivity index (χ1v) is 6.72. The molecule has 1 fully saturated rings. The summed E-state index contributed by atoms with van der Waals surface area (Å²) in [5.41, 5.74) is 3.78. The maximum absolute atomic E-state index is 4.81. The van der Waals surface area contributed by atoms with Crippen molar-refractivity contribution in [2.24, 2.45) is 4.99 Å². The van der Waals surface area contributed by atoms with E-state index >= 15 is 0 Å². The van der Waals surface area contributed by atoms with Gasteiger partial charge in [-0.25, -0.2) is 4.99 Å². The minimum atomic E-state index is 1.04. The molecule has 1 aliphatic heterocycles. The van der Waals surface area contributed by atoms with E-state index in [9.17, 15) is 0 Å². The van der Waals surface area contributed by atoms with Crippen LogP contribution in [0, 0.1) is 6.92 Å². The number of benzene rings is 1. The Hall–Kier alpha value is -0.960. The first kappa shape index (κ1) is 11.5. The molecule has 3 heteroatoms. The number of amidine groups is 1. The average Bonchev–Trinajstić information content (AvgIpc) is 2.67. The predicted molar refractivity (Wildman–Crippen MR) is 72.7 cm³/mol. The molecular weight excluding hydrogens is 216 g/mol. The summed E-state index contributed by atoms with van der Waals surface area (Å²) in [4.78, 5) is 7.05. The Bertz CT molecular complexity index is 412. The minimum Gasteiger partial charge on any atom is -0.353 e. The summed E-state index contributed by atoms with van der Waals surface area (Å²) < 4.78 is 0. The Morgan fingerprint density at radius 1 is 1.44 bits per heavy atom. The minimum absolute atomic E-state index is 1.04. The molecule has 0 aliphatic carbocycles. The van der Waals surface area contributed by atoms with Crippen LogP contribution in [0.5, 0.6) is 0 Å². The number of nitrogens with zero attached hydrogens (tertiary/aromatic N) is 2. The van der Waals surface area contributed by atoms with Gasteiger partial charge in [0.25, 0.3) is 0 Å². The summed E-state index contributed by atoms with van der Waals surface area (Å²) in [5, 5.41) is 1.16. The Morgan fingerprint density at radius 2 is 2.25 bits per heavy atom. The Morgan fingerprint density at radius 3 is 2.88 bits per heavy atom. The van der Waals surface area contributed by atoms with E-state index in [0.29, 0.717) is 0 Å². The van der Waals surface area contributed by atoms with Gasteiger partial charge in [-0.05, 0) is 24.5 Å². The molecule has 0 atom stereocenters. The van der Waals surface area contributed by atoms with E-state index in [1.165, 1.54) is 16.8 Å². The molecule has 1 heterocycles. The fourth-order valence-corrected chi connectivity index (χ4v) is 2.87. The topological polar surface area (TPSA) is 15.6 Å². The molecule has 0 spiro atoms. The van der Waals surface area contributed by atoms with Gasteiger partial charge in [-0.1, -0.05) is 36.9 Å². The van der Waals surface area contributed by atoms with E-state index < -0.39 is 0 Å². The van der Waals surface area contributed by atoms with Gasteiger partial charge in [-0.3, -0.25) is 0 Å². The molecule has 0 bridgehead atoms. The highest BCUT2D eigenvalue weighted by atomic mass is 32.2. The van der Waals surface area contributed by atoms with Crippen LogP contribution in [-0.2, 0) is 6.42 Å². The Balaban J connectivity index is 2.40. The molecule has 16 heavy (non-hydrogen) atoms. The molecule has 1 aromatic carbocycles. The summed E-state index contributed by atoms with van der Waals surface area (Å²) >= 11 is 1.85. The molecule has 86 valence electrons. The van der Waals surface area contributed by atoms with E-state index in [-0.39, 0.29) is 0 Å². The first-order valence-electron chi connectivity index (χ1n) is 5.73. The monoisotopic (exact) mass is 234 g/mol. The summed E-state index contributed by atoms with van der Waals surface area (Å²) in [6.07, 6.45) is 1.04. The van der Waals surface area contributed by atoms with Crippen LogP contribution in [0.15, 0.2) is 23.2 Å². The third-order valence-electron chi connectivity index (χ3n) is 2.89. The summed E-state index contributed by atoms with van der Waals surface area (Å²) in [6.45, 7) is 5.43. The molecule has 2 rings (SSSR count). The lowest BCUT2D eigenvalue weighted by atomic mass is 10.1. The molecule has 0 aromatic heterocycles. The summed E-state index contributed by atoms with van der Waals surface area (Å²) in [5.74, 6) is 1.16. The van der Waals surface area contributed by atoms with Crippen molar-refractivity contribution in [1.29, 1.82) is 0 Å². The third kappa shape index (κ3) is 2.24. The fourth-order valence-electron chi connectivity index (χ4n) is 1.86. The van der Waals surface area contributed by atoms with Gasteiger partial charge in [0.05, 0.1) is 5.69 Å². The van der Waals surface area contributed by atoms with Gasteiger partial charge in [-0.2, -0.15) is 0 Å². The van der Waals surface area contributed by atoms with Crippen LogP contribution < -0.4 is 0 Å². The molecule has 0 N–H and O–H groups in total. The van der Waals surface area contributed by atoms with Crippen molar-refractivity contribution in [2.75, 3.05) is 19.3 Å². The van der Waals surface area contributed by atoms with Crippen molar-refractivity contribution in [3.63, 3.8) is 0 Å². The van der Waals surface area contributed by atoms with Crippen molar-refractivity contribution >= 4 is 22.6 Å². The molecular formula is C13H18N2S. The molecule has 2 nitrogen and oxygen atoms in total. The number of para-hydroxylation sites is 1. The largest absolute Gasteiger partial charge is 0.353 e. The first-order chi connectivity index (χ1) is 7.72. The zero-order valence-electron chi connectivity index (χ0n) is 10.2. The van der Waals surface area contributed by atoms with E-state index in [4.69, 9.17) is 4.99 Å². The second-order valence-electron chi connectivity index (χ2n) is 4.10. The standard InChI is InChI=1S/C13H18N2S/c1-4-11-7-5-6-10(2)12(11)14-13-15(3)8-9-16-13/h5-7H,4,8-9H2,1-3H3. The lowest BCUT2D eigenvalue weighted by molar-refractivity contribution is 0.563. The van der Waals surface area contributed by atoms with Gasteiger partial charge in [0, 0.05) is 19.3 Å². The highest BCUT2D eigenvalue weighted by molar-refractivity contribution is 8.14. The van der Waals surface area contributed by atoms with Gasteiger partial charge in [0.15, 0.2) is 5.17 Å². The highest BCUT2D eigenvalue weighted by Gasteiger charge is 2.16. The molecule has 1 aromatic rings. The number of rotatable bonds is 2. The van der Waals surface area contributed by atoms with Crippen LogP contribution >= 0.6 is 11.8 Å². The zero-order valence-corrected chi connectivity index (χ0v) is 11.0. The maximum atomic E-state index is 4.81. The SMILES string of the molecule is CCc1cccc(C)c1N=C1SCCN1C. The fraction of sp³-hybridized carbons (Fsp3) is 0.462. The van der Waals surface area contributed by atoms with Crippen molar-refractivity contribution in [3.8, 4) is 0 Å². The average molecular weight is 234 g/mol. The number of hydrogen-bond donors (Lipinski definition) is 0. The molecule has 0 radical (unpaired) electrons. The molecule has 0 amide bonds. The number of aryl methyl sites for hydroxylation is 2. The van der Waals surface area contributed by atoms with E-state index in [2.05, 4.69) is 44.0 Å². The van der Waals surface area contributed by atoms with E-state index in [1.807, 2.05) is 11.8 Å². The van der Waals surface area contributed by atoms with Crippen LogP contribution in [0.2, 0.25) is 0 Å². The van der Waals surface area contributed by atoms with Crippen molar-refractivity contribution < 1.29 is 0 Å². The van der Waals surface area contributed by atoms with Crippen LogP contribution in [0.4, 0.5) is 5.69 Å². The second-order valence-corrected chi connectivity index (χ2v) is 5.16. The van der Waals surface area contributed by atoms with Gasteiger partial charge in [-0.15, -0.1) is 0 Å². The molecule has 1 aliphatic rings. The smallest absolute Gasteiger partial charge is 0.164 e. The predicted octanol–water partition coefficient (Wildman–Crippen LogP) is 3.22. The molecule has 0 saturated carbocycles. The lowest BCUT2D eigenvalue weighted by Gasteiger charge is -2.12. The summed E-state index contributed by atoms with van der Waals surface area (Å²) in [6, 6.07) is 6.42. The van der Waals surface area contributed by atoms with Crippen molar-refractivity contribution in [2.45, 2.75) is 20.3 Å². The number of aliphatic imine (C=N–C) groups is 1. The number of hydrogen-bond acceptors (Lipinski definition) is 2. The lowest BCUT2D eigenvalue weighted by Crippen LogP contribution is -2.18. The van der Waals surface area contributed by atoms with Gasteiger partial charge >= 0.3 is 0 Å². The van der Waals surface area contributed by atoms with Crippen LogP contribution in [0.1, 0.15) is 18.1 Å². The second kappa shape index (κ2) is 4.91.